The SMILES string of the molecule is O=C(NC(COCc1ccccc1)CO[C@@H]1OC(CO)[C@@H](O)C(O)[C@@H]1NC(=O)OCC(Cl)(Cl)Cl)OCC(Cl)(Cl)Cl. The third kappa shape index (κ3) is 13.5. The summed E-state index contributed by atoms with van der Waals surface area (Å²) in [4.78, 5) is 24.5. The number of ether oxygens (including phenoxy) is 5. The highest BCUT2D eigenvalue weighted by molar-refractivity contribution is 6.68. The topological polar surface area (TPSA) is 165 Å². The first-order valence-electron chi connectivity index (χ1n) is 11.5. The lowest BCUT2D eigenvalue weighted by Gasteiger charge is -2.42. The number of carbonyl (C=O) groups is 2. The number of nitrogens with one attached hydrogen (secondary N) is 2. The largest absolute Gasteiger partial charge is 0.445 e. The minimum Gasteiger partial charge on any atom is -0.445 e. The molecule has 0 spiro atoms. The fourth-order valence-corrected chi connectivity index (χ4v) is 3.62. The molecule has 2 amide bonds. The van der Waals surface area contributed by atoms with Gasteiger partial charge in [0.1, 0.15) is 37.6 Å². The Morgan fingerprint density at radius 2 is 1.52 bits per heavy atom. The van der Waals surface area contributed by atoms with Crippen LogP contribution in [0.2, 0.25) is 0 Å². The van der Waals surface area contributed by atoms with Crippen LogP contribution in [0.1, 0.15) is 5.56 Å². The quantitative estimate of drug-likeness (QED) is 0.206. The molecule has 6 atom stereocenters. The van der Waals surface area contributed by atoms with Gasteiger partial charge < -0.3 is 49.6 Å². The molecule has 5 N–H and O–H groups in total. The number of aliphatic hydroxyl groups is 3. The highest BCUT2D eigenvalue weighted by Crippen LogP contribution is 2.27. The predicted molar refractivity (Wildman–Crippen MR) is 147 cm³/mol. The molecule has 1 saturated heterocycles. The van der Waals surface area contributed by atoms with Crippen LogP contribution in [0, 0.1) is 0 Å². The summed E-state index contributed by atoms with van der Waals surface area (Å²) in [5, 5.41) is 35.2. The van der Waals surface area contributed by atoms with Crippen LogP contribution in [0.5, 0.6) is 0 Å². The zero-order chi connectivity index (χ0) is 29.9. The standard InChI is InChI=1S/C22H28Cl6N2O10/c23-21(24,25)10-38-19(34)29-13(8-36-7-12-4-2-1-3-5-12)9-37-18-15(17(33)16(32)14(6-31)40-18)30-20(35)39-11-22(26,27)28/h1-5,13-18,31-33H,6-11H2,(H,29,34)(H,30,35)/t13?,14?,15-,16+,17?,18+/m0/s1. The summed E-state index contributed by atoms with van der Waals surface area (Å²) in [5.41, 5.74) is 0.858. The van der Waals surface area contributed by atoms with Gasteiger partial charge in [0, 0.05) is 0 Å². The molecule has 1 aromatic carbocycles. The van der Waals surface area contributed by atoms with Crippen molar-refractivity contribution in [3.8, 4) is 0 Å². The maximum Gasteiger partial charge on any atom is 0.407 e. The van der Waals surface area contributed by atoms with Gasteiger partial charge in [0.2, 0.25) is 7.59 Å². The van der Waals surface area contributed by atoms with E-state index in [1.165, 1.54) is 0 Å². The van der Waals surface area contributed by atoms with Gasteiger partial charge in [-0.05, 0) is 5.56 Å². The second-order valence-electron chi connectivity index (χ2n) is 8.43. The molecule has 0 bridgehead atoms. The Morgan fingerprint density at radius 1 is 0.925 bits per heavy atom. The zero-order valence-corrected chi connectivity index (χ0v) is 25.1. The van der Waals surface area contributed by atoms with E-state index in [1.807, 2.05) is 30.3 Å². The van der Waals surface area contributed by atoms with Crippen molar-refractivity contribution in [1.82, 2.24) is 10.6 Å². The Bertz CT molecular complexity index is 924. The normalized spacial score (nSPS) is 24.2. The lowest BCUT2D eigenvalue weighted by molar-refractivity contribution is -0.271. The van der Waals surface area contributed by atoms with Gasteiger partial charge in [-0.2, -0.15) is 0 Å². The molecule has 0 aliphatic carbocycles. The van der Waals surface area contributed by atoms with E-state index in [1.54, 1.807) is 0 Å². The van der Waals surface area contributed by atoms with Crippen molar-refractivity contribution in [1.29, 1.82) is 0 Å². The zero-order valence-electron chi connectivity index (χ0n) is 20.6. The molecule has 0 saturated carbocycles. The number of alkyl halides is 6. The summed E-state index contributed by atoms with van der Waals surface area (Å²) in [7, 11) is 0. The average molecular weight is 693 g/mol. The van der Waals surface area contributed by atoms with Gasteiger partial charge in [-0.25, -0.2) is 9.59 Å². The number of benzene rings is 1. The summed E-state index contributed by atoms with van der Waals surface area (Å²) in [5.74, 6) is 0. The lowest BCUT2D eigenvalue weighted by Crippen LogP contribution is -2.65. The summed E-state index contributed by atoms with van der Waals surface area (Å²) in [6.07, 6.45) is -8.09. The summed E-state index contributed by atoms with van der Waals surface area (Å²) in [6.45, 7) is -2.08. The lowest BCUT2D eigenvalue weighted by atomic mass is 9.97. The van der Waals surface area contributed by atoms with Crippen LogP contribution in [-0.4, -0.2) is 105 Å². The van der Waals surface area contributed by atoms with Gasteiger partial charge in [0.15, 0.2) is 6.29 Å². The number of aliphatic hydroxyl groups excluding tert-OH is 3. The molecule has 1 aliphatic rings. The van der Waals surface area contributed by atoms with Crippen molar-refractivity contribution in [3.63, 3.8) is 0 Å². The first-order valence-corrected chi connectivity index (χ1v) is 13.8. The van der Waals surface area contributed by atoms with E-state index >= 15 is 0 Å². The molecule has 228 valence electrons. The first-order chi connectivity index (χ1) is 18.7. The molecular weight excluding hydrogens is 665 g/mol. The monoisotopic (exact) mass is 690 g/mol. The van der Waals surface area contributed by atoms with E-state index in [9.17, 15) is 24.9 Å². The number of alkyl carbamates (subject to hydrolysis) is 2. The average Bonchev–Trinajstić information content (AvgIpc) is 2.88. The van der Waals surface area contributed by atoms with Crippen molar-refractivity contribution >= 4 is 81.8 Å². The van der Waals surface area contributed by atoms with Crippen molar-refractivity contribution in [2.75, 3.05) is 33.0 Å². The maximum absolute atomic E-state index is 12.3. The molecule has 1 fully saturated rings. The van der Waals surface area contributed by atoms with Gasteiger partial charge in [-0.15, -0.1) is 0 Å². The summed E-state index contributed by atoms with van der Waals surface area (Å²) < 4.78 is 22.9. The molecular formula is C22H28Cl6N2O10. The number of hydrogen-bond donors (Lipinski definition) is 5. The number of rotatable bonds is 12. The number of carbonyl (C=O) groups excluding carboxylic acids is 2. The Hall–Kier alpha value is -0.740. The summed E-state index contributed by atoms with van der Waals surface area (Å²) in [6, 6.07) is 6.87. The van der Waals surface area contributed by atoms with Crippen LogP contribution in [0.15, 0.2) is 30.3 Å². The van der Waals surface area contributed by atoms with E-state index in [0.29, 0.717) is 0 Å². The van der Waals surface area contributed by atoms with Gasteiger partial charge in [0.05, 0.1) is 32.5 Å². The van der Waals surface area contributed by atoms with Crippen LogP contribution in [0.4, 0.5) is 9.59 Å². The van der Waals surface area contributed by atoms with E-state index < -0.39 is 76.3 Å². The van der Waals surface area contributed by atoms with Crippen LogP contribution in [0.25, 0.3) is 0 Å². The molecule has 3 unspecified atom stereocenters. The molecule has 18 heteroatoms. The molecule has 2 rings (SSSR count). The number of amides is 2. The molecule has 1 aliphatic heterocycles. The Labute approximate surface area is 259 Å². The van der Waals surface area contributed by atoms with Crippen LogP contribution < -0.4 is 10.6 Å². The number of halogens is 6. The predicted octanol–water partition coefficient (Wildman–Crippen LogP) is 2.59. The number of hydrogen-bond acceptors (Lipinski definition) is 10. The van der Waals surface area contributed by atoms with Gasteiger partial charge >= 0.3 is 12.2 Å². The van der Waals surface area contributed by atoms with Gasteiger partial charge in [0.25, 0.3) is 0 Å². The van der Waals surface area contributed by atoms with E-state index in [2.05, 4.69) is 10.6 Å². The molecule has 12 nitrogen and oxygen atoms in total. The van der Waals surface area contributed by atoms with Crippen molar-refractivity contribution in [2.24, 2.45) is 0 Å². The molecule has 0 radical (unpaired) electrons. The fourth-order valence-electron chi connectivity index (χ4n) is 3.29. The first kappa shape index (κ1) is 35.5. The fraction of sp³-hybridized carbons (Fsp3) is 0.636. The van der Waals surface area contributed by atoms with Crippen molar-refractivity contribution < 1.29 is 48.6 Å². The minimum absolute atomic E-state index is 0.0948. The molecule has 40 heavy (non-hydrogen) atoms. The molecule has 1 aromatic rings. The van der Waals surface area contributed by atoms with Gasteiger partial charge in [-0.1, -0.05) is 99.9 Å². The van der Waals surface area contributed by atoms with Crippen LogP contribution in [-0.2, 0) is 30.3 Å². The van der Waals surface area contributed by atoms with Crippen molar-refractivity contribution in [2.45, 2.75) is 50.9 Å². The highest BCUT2D eigenvalue weighted by atomic mass is 35.6. The molecule has 1 heterocycles. The van der Waals surface area contributed by atoms with E-state index in [0.717, 1.165) is 5.56 Å². The Morgan fingerprint density at radius 3 is 2.10 bits per heavy atom. The van der Waals surface area contributed by atoms with Crippen molar-refractivity contribution in [3.05, 3.63) is 35.9 Å². The van der Waals surface area contributed by atoms with Crippen LogP contribution in [0.3, 0.4) is 0 Å². The highest BCUT2D eigenvalue weighted by Gasteiger charge is 2.46. The van der Waals surface area contributed by atoms with E-state index in [4.69, 9.17) is 93.3 Å². The minimum atomic E-state index is -1.90. The Kier molecular flexibility index (Phi) is 14.9. The van der Waals surface area contributed by atoms with Crippen LogP contribution >= 0.6 is 69.6 Å². The second-order valence-corrected chi connectivity index (χ2v) is 13.5. The third-order valence-electron chi connectivity index (χ3n) is 5.11. The Balaban J connectivity index is 2.09. The third-order valence-corrected chi connectivity index (χ3v) is 5.77. The van der Waals surface area contributed by atoms with Gasteiger partial charge in [-0.3, -0.25) is 0 Å². The smallest absolute Gasteiger partial charge is 0.407 e. The summed E-state index contributed by atoms with van der Waals surface area (Å²) >= 11 is 33.6. The van der Waals surface area contributed by atoms with E-state index in [-0.39, 0.29) is 19.8 Å². The maximum atomic E-state index is 12.3. The second kappa shape index (κ2) is 16.8. The molecule has 0 aromatic heterocycles.